The lowest BCUT2D eigenvalue weighted by Gasteiger charge is -2.25. The van der Waals surface area contributed by atoms with E-state index in [1.54, 1.807) is 25.3 Å². The number of rotatable bonds is 9. The van der Waals surface area contributed by atoms with Crippen molar-refractivity contribution in [2.24, 2.45) is 0 Å². The number of benzene rings is 2. The van der Waals surface area contributed by atoms with Gasteiger partial charge >= 0.3 is 0 Å². The Morgan fingerprint density at radius 2 is 1.70 bits per heavy atom. The minimum Gasteiger partial charge on any atom is -0.496 e. The van der Waals surface area contributed by atoms with Crippen molar-refractivity contribution in [1.82, 2.24) is 9.62 Å². The SMILES string of the molecule is COc1ccc(S(=O)(=O)N(CCc2ccccc2)CC(=O)NC2CCCCCCC2)cc1C. The number of methoxy groups -OCH3 is 1. The van der Waals surface area contributed by atoms with Gasteiger partial charge in [0.05, 0.1) is 18.6 Å². The molecule has 6 nitrogen and oxygen atoms in total. The Morgan fingerprint density at radius 3 is 2.33 bits per heavy atom. The molecule has 180 valence electrons. The predicted molar refractivity (Wildman–Crippen MR) is 131 cm³/mol. The summed E-state index contributed by atoms with van der Waals surface area (Å²) in [5, 5.41) is 3.10. The van der Waals surface area contributed by atoms with Crippen LogP contribution in [0.15, 0.2) is 53.4 Å². The van der Waals surface area contributed by atoms with Gasteiger partial charge in [0.1, 0.15) is 5.75 Å². The fraction of sp³-hybridized carbons (Fsp3) is 0.500. The van der Waals surface area contributed by atoms with Crippen LogP contribution in [0.25, 0.3) is 0 Å². The fourth-order valence-electron chi connectivity index (χ4n) is 4.38. The van der Waals surface area contributed by atoms with Gasteiger partial charge in [-0.1, -0.05) is 62.4 Å². The molecule has 1 aliphatic rings. The molecule has 1 aliphatic carbocycles. The van der Waals surface area contributed by atoms with Crippen molar-refractivity contribution in [3.63, 3.8) is 0 Å². The Bertz CT molecular complexity index is 1000. The van der Waals surface area contributed by atoms with Crippen LogP contribution in [0.3, 0.4) is 0 Å². The summed E-state index contributed by atoms with van der Waals surface area (Å²) < 4.78 is 33.7. The summed E-state index contributed by atoms with van der Waals surface area (Å²) in [5.41, 5.74) is 1.77. The predicted octanol–water partition coefficient (Wildman–Crippen LogP) is 4.47. The van der Waals surface area contributed by atoms with Crippen LogP contribution >= 0.6 is 0 Å². The molecule has 0 atom stereocenters. The summed E-state index contributed by atoms with van der Waals surface area (Å²) in [7, 11) is -2.29. The lowest BCUT2D eigenvalue weighted by molar-refractivity contribution is -0.122. The number of amides is 1. The van der Waals surface area contributed by atoms with E-state index in [4.69, 9.17) is 4.74 Å². The molecule has 0 unspecified atom stereocenters. The van der Waals surface area contributed by atoms with E-state index in [1.165, 1.54) is 23.6 Å². The van der Waals surface area contributed by atoms with Crippen LogP contribution in [0.2, 0.25) is 0 Å². The second-order valence-electron chi connectivity index (χ2n) is 8.82. The normalized spacial score (nSPS) is 15.6. The van der Waals surface area contributed by atoms with Crippen molar-refractivity contribution < 1.29 is 17.9 Å². The smallest absolute Gasteiger partial charge is 0.243 e. The first kappa shape index (κ1) is 25.2. The molecule has 2 aromatic carbocycles. The van der Waals surface area contributed by atoms with Gasteiger partial charge < -0.3 is 10.1 Å². The highest BCUT2D eigenvalue weighted by Gasteiger charge is 2.28. The number of hydrogen-bond acceptors (Lipinski definition) is 4. The molecule has 7 heteroatoms. The summed E-state index contributed by atoms with van der Waals surface area (Å²) in [6, 6.07) is 14.7. The summed E-state index contributed by atoms with van der Waals surface area (Å²) in [6.07, 6.45) is 8.31. The van der Waals surface area contributed by atoms with Crippen LogP contribution < -0.4 is 10.1 Å². The summed E-state index contributed by atoms with van der Waals surface area (Å²) in [4.78, 5) is 13.1. The first-order valence-electron chi connectivity index (χ1n) is 11.9. The molecule has 0 saturated heterocycles. The molecule has 33 heavy (non-hydrogen) atoms. The second kappa shape index (κ2) is 12.2. The fourth-order valence-corrected chi connectivity index (χ4v) is 5.86. The number of aryl methyl sites for hydroxylation is 1. The zero-order valence-corrected chi connectivity index (χ0v) is 20.6. The average molecular weight is 473 g/mol. The molecule has 1 saturated carbocycles. The Kier molecular flexibility index (Phi) is 9.32. The number of hydrogen-bond donors (Lipinski definition) is 1. The number of nitrogens with zero attached hydrogens (tertiary/aromatic N) is 1. The van der Waals surface area contributed by atoms with Gasteiger partial charge in [-0.3, -0.25) is 4.79 Å². The largest absolute Gasteiger partial charge is 0.496 e. The molecular formula is C26H36N2O4S. The highest BCUT2D eigenvalue weighted by molar-refractivity contribution is 7.89. The topological polar surface area (TPSA) is 75.7 Å². The maximum atomic E-state index is 13.5. The van der Waals surface area contributed by atoms with Gasteiger partial charge in [0, 0.05) is 12.6 Å². The Morgan fingerprint density at radius 1 is 1.03 bits per heavy atom. The highest BCUT2D eigenvalue weighted by atomic mass is 32.2. The van der Waals surface area contributed by atoms with Crippen LogP contribution in [-0.4, -0.2) is 44.9 Å². The number of carbonyl (C=O) groups excluding carboxylic acids is 1. The Hall–Kier alpha value is -2.38. The van der Waals surface area contributed by atoms with Gasteiger partial charge in [-0.2, -0.15) is 4.31 Å². The molecule has 0 heterocycles. The zero-order chi connectivity index (χ0) is 23.7. The van der Waals surface area contributed by atoms with E-state index in [0.717, 1.165) is 36.8 Å². The lowest BCUT2D eigenvalue weighted by atomic mass is 9.97. The highest BCUT2D eigenvalue weighted by Crippen LogP contribution is 2.24. The van der Waals surface area contributed by atoms with Crippen LogP contribution in [0.5, 0.6) is 5.75 Å². The van der Waals surface area contributed by atoms with E-state index in [0.29, 0.717) is 12.2 Å². The maximum absolute atomic E-state index is 13.5. The van der Waals surface area contributed by atoms with Crippen molar-refractivity contribution in [2.75, 3.05) is 20.2 Å². The third kappa shape index (κ3) is 7.30. The first-order valence-corrected chi connectivity index (χ1v) is 13.3. The number of ether oxygens (including phenoxy) is 1. The molecule has 0 bridgehead atoms. The van der Waals surface area contributed by atoms with Crippen LogP contribution in [0, 0.1) is 6.92 Å². The lowest BCUT2D eigenvalue weighted by Crippen LogP contribution is -2.45. The third-order valence-electron chi connectivity index (χ3n) is 6.29. The molecule has 1 fully saturated rings. The van der Waals surface area contributed by atoms with E-state index >= 15 is 0 Å². The van der Waals surface area contributed by atoms with Crippen molar-refractivity contribution in [3.05, 3.63) is 59.7 Å². The monoisotopic (exact) mass is 472 g/mol. The summed E-state index contributed by atoms with van der Waals surface area (Å²) in [5.74, 6) is 0.397. The van der Waals surface area contributed by atoms with E-state index in [9.17, 15) is 13.2 Å². The number of carbonyl (C=O) groups is 1. The maximum Gasteiger partial charge on any atom is 0.243 e. The second-order valence-corrected chi connectivity index (χ2v) is 10.8. The quantitative estimate of drug-likeness (QED) is 0.584. The molecule has 0 aliphatic heterocycles. The minimum atomic E-state index is -3.85. The Balaban J connectivity index is 1.77. The van der Waals surface area contributed by atoms with Gasteiger partial charge in [-0.15, -0.1) is 0 Å². The van der Waals surface area contributed by atoms with Crippen molar-refractivity contribution >= 4 is 15.9 Å². The van der Waals surface area contributed by atoms with E-state index in [2.05, 4.69) is 5.32 Å². The van der Waals surface area contributed by atoms with Crippen molar-refractivity contribution in [2.45, 2.75) is 69.2 Å². The van der Waals surface area contributed by atoms with Crippen LogP contribution in [-0.2, 0) is 21.2 Å². The van der Waals surface area contributed by atoms with E-state index in [1.807, 2.05) is 37.3 Å². The molecule has 3 rings (SSSR count). The van der Waals surface area contributed by atoms with Gasteiger partial charge in [0.25, 0.3) is 0 Å². The van der Waals surface area contributed by atoms with E-state index in [-0.39, 0.29) is 29.9 Å². The molecule has 1 N–H and O–H groups in total. The average Bonchev–Trinajstić information content (AvgIpc) is 2.78. The third-order valence-corrected chi connectivity index (χ3v) is 8.13. The first-order chi connectivity index (χ1) is 15.9. The van der Waals surface area contributed by atoms with Gasteiger partial charge in [0.15, 0.2) is 0 Å². The van der Waals surface area contributed by atoms with E-state index < -0.39 is 10.0 Å². The molecule has 2 aromatic rings. The molecule has 0 spiro atoms. The van der Waals surface area contributed by atoms with Gasteiger partial charge in [-0.25, -0.2) is 8.42 Å². The summed E-state index contributed by atoms with van der Waals surface area (Å²) >= 11 is 0. The van der Waals surface area contributed by atoms with Crippen LogP contribution in [0.1, 0.15) is 56.1 Å². The molecule has 1 amide bonds. The molecular weight excluding hydrogens is 436 g/mol. The van der Waals surface area contributed by atoms with Crippen LogP contribution in [0.4, 0.5) is 0 Å². The van der Waals surface area contributed by atoms with Crippen molar-refractivity contribution in [1.29, 1.82) is 0 Å². The number of sulfonamides is 1. The van der Waals surface area contributed by atoms with Gasteiger partial charge in [0.2, 0.25) is 15.9 Å². The van der Waals surface area contributed by atoms with Gasteiger partial charge in [-0.05, 0) is 55.5 Å². The zero-order valence-electron chi connectivity index (χ0n) is 19.8. The van der Waals surface area contributed by atoms with Crippen molar-refractivity contribution in [3.8, 4) is 5.75 Å². The number of nitrogens with one attached hydrogen (secondary N) is 1. The Labute approximate surface area is 198 Å². The molecule has 0 aromatic heterocycles. The summed E-state index contributed by atoms with van der Waals surface area (Å²) in [6.45, 7) is 1.86. The standard InChI is InChI=1S/C26H36N2O4S/c1-21-19-24(15-16-25(21)32-2)33(30,31)28(18-17-22-11-7-6-8-12-22)20-26(29)27-23-13-9-4-3-5-10-14-23/h6-8,11-12,15-16,19,23H,3-5,9-10,13-14,17-18,20H2,1-2H3,(H,27,29). The molecule has 0 radical (unpaired) electrons. The minimum absolute atomic E-state index is 0.125.